The Morgan fingerprint density at radius 2 is 1.93 bits per heavy atom. The topological polar surface area (TPSA) is 77.1 Å². The lowest BCUT2D eigenvalue weighted by atomic mass is 10.1. The van der Waals surface area contributed by atoms with Gasteiger partial charge in [-0.2, -0.15) is 0 Å². The first-order chi connectivity index (χ1) is 14.5. The Kier molecular flexibility index (Phi) is 5.79. The van der Waals surface area contributed by atoms with Crippen molar-refractivity contribution in [2.24, 2.45) is 5.92 Å². The molecule has 4 rings (SSSR count). The van der Waals surface area contributed by atoms with E-state index in [1.54, 1.807) is 17.0 Å². The number of nitrogens with zero attached hydrogens (tertiary/aromatic N) is 1. The zero-order chi connectivity index (χ0) is 21.1. The number of nitrogens with one attached hydrogen (secondary N) is 1. The van der Waals surface area contributed by atoms with E-state index in [1.165, 1.54) is 0 Å². The number of hydrogen-bond acceptors (Lipinski definition) is 5. The molecule has 1 atom stereocenters. The van der Waals surface area contributed by atoms with Gasteiger partial charge in [0.05, 0.1) is 12.0 Å². The molecule has 0 spiro atoms. The second-order valence-electron chi connectivity index (χ2n) is 7.79. The van der Waals surface area contributed by atoms with Gasteiger partial charge in [0.2, 0.25) is 18.6 Å². The van der Waals surface area contributed by atoms with Crippen LogP contribution in [0.3, 0.4) is 0 Å². The summed E-state index contributed by atoms with van der Waals surface area (Å²) in [4.78, 5) is 26.7. The molecule has 2 aliphatic rings. The second-order valence-corrected chi connectivity index (χ2v) is 7.79. The first kappa shape index (κ1) is 20.1. The lowest BCUT2D eigenvalue weighted by molar-refractivity contribution is -0.126. The fourth-order valence-electron chi connectivity index (χ4n) is 3.67. The molecule has 7 heteroatoms. The molecule has 2 aromatic rings. The molecular formula is C23H26N2O5. The minimum atomic E-state index is -0.357. The van der Waals surface area contributed by atoms with Gasteiger partial charge < -0.3 is 24.4 Å². The quantitative estimate of drug-likeness (QED) is 0.760. The number of amides is 2. The van der Waals surface area contributed by atoms with Crippen molar-refractivity contribution in [2.75, 3.05) is 24.8 Å². The maximum absolute atomic E-state index is 12.6. The molecule has 7 nitrogen and oxygen atoms in total. The van der Waals surface area contributed by atoms with Crippen molar-refractivity contribution in [3.05, 3.63) is 48.0 Å². The SMILES string of the molecule is CC(C)Oc1ccc(CCNC(=O)C2CC(=O)N(c3ccc4c(c3)OCO4)C2)cc1. The van der Waals surface area contributed by atoms with Gasteiger partial charge in [0, 0.05) is 31.3 Å². The zero-order valence-corrected chi connectivity index (χ0v) is 17.2. The molecule has 1 N–H and O–H groups in total. The first-order valence-electron chi connectivity index (χ1n) is 10.2. The summed E-state index contributed by atoms with van der Waals surface area (Å²) in [7, 11) is 0. The Hall–Kier alpha value is -3.22. The maximum Gasteiger partial charge on any atom is 0.231 e. The molecule has 158 valence electrons. The standard InChI is InChI=1S/C23H26N2O5/c1-15(2)30-19-6-3-16(4-7-19)9-10-24-23(27)17-11-22(26)25(13-17)18-5-8-20-21(12-18)29-14-28-20/h3-8,12,15,17H,9-11,13-14H2,1-2H3,(H,24,27). The third-order valence-corrected chi connectivity index (χ3v) is 5.17. The summed E-state index contributed by atoms with van der Waals surface area (Å²) >= 11 is 0. The van der Waals surface area contributed by atoms with Crippen LogP contribution < -0.4 is 24.4 Å². The number of carbonyl (C=O) groups is 2. The molecule has 1 fully saturated rings. The average Bonchev–Trinajstić information content (AvgIpc) is 3.34. The summed E-state index contributed by atoms with van der Waals surface area (Å²) in [5.41, 5.74) is 1.85. The molecule has 1 saturated heterocycles. The van der Waals surface area contributed by atoms with Crippen molar-refractivity contribution in [1.82, 2.24) is 5.32 Å². The van der Waals surface area contributed by atoms with Crippen LogP contribution in [0.5, 0.6) is 17.2 Å². The van der Waals surface area contributed by atoms with Gasteiger partial charge in [0.15, 0.2) is 11.5 Å². The van der Waals surface area contributed by atoms with Crippen LogP contribution in [-0.4, -0.2) is 37.8 Å². The number of benzene rings is 2. The molecule has 2 aromatic carbocycles. The number of anilines is 1. The van der Waals surface area contributed by atoms with Crippen LogP contribution in [0.25, 0.3) is 0 Å². The summed E-state index contributed by atoms with van der Waals surface area (Å²) in [5.74, 6) is 1.62. The Morgan fingerprint density at radius 1 is 1.17 bits per heavy atom. The van der Waals surface area contributed by atoms with Gasteiger partial charge in [-0.1, -0.05) is 12.1 Å². The smallest absolute Gasteiger partial charge is 0.231 e. The van der Waals surface area contributed by atoms with Crippen molar-refractivity contribution in [3.63, 3.8) is 0 Å². The fraction of sp³-hybridized carbons (Fsp3) is 0.391. The monoisotopic (exact) mass is 410 g/mol. The predicted octanol–water partition coefficient (Wildman–Crippen LogP) is 2.91. The molecule has 0 aliphatic carbocycles. The molecule has 1 unspecified atom stereocenters. The van der Waals surface area contributed by atoms with Crippen LogP contribution in [0.15, 0.2) is 42.5 Å². The number of rotatable bonds is 7. The largest absolute Gasteiger partial charge is 0.491 e. The minimum absolute atomic E-state index is 0.0604. The van der Waals surface area contributed by atoms with E-state index in [0.717, 1.165) is 23.4 Å². The zero-order valence-electron chi connectivity index (χ0n) is 17.2. The molecule has 0 bridgehead atoms. The molecule has 2 amide bonds. The molecule has 30 heavy (non-hydrogen) atoms. The van der Waals surface area contributed by atoms with Crippen LogP contribution in [0.2, 0.25) is 0 Å². The Morgan fingerprint density at radius 3 is 2.70 bits per heavy atom. The summed E-state index contributed by atoms with van der Waals surface area (Å²) in [6.45, 7) is 5.06. The van der Waals surface area contributed by atoms with E-state index >= 15 is 0 Å². The van der Waals surface area contributed by atoms with Crippen LogP contribution in [0.4, 0.5) is 5.69 Å². The minimum Gasteiger partial charge on any atom is -0.491 e. The molecule has 0 radical (unpaired) electrons. The number of carbonyl (C=O) groups excluding carboxylic acids is 2. The van der Waals surface area contributed by atoms with Gasteiger partial charge in [-0.05, 0) is 50.1 Å². The third kappa shape index (κ3) is 4.50. The highest BCUT2D eigenvalue weighted by Gasteiger charge is 2.35. The summed E-state index contributed by atoms with van der Waals surface area (Å²) in [6, 6.07) is 13.3. The van der Waals surface area contributed by atoms with Crippen LogP contribution >= 0.6 is 0 Å². The number of hydrogen-bond donors (Lipinski definition) is 1. The van der Waals surface area contributed by atoms with Gasteiger partial charge in [-0.3, -0.25) is 9.59 Å². The van der Waals surface area contributed by atoms with Crippen molar-refractivity contribution in [1.29, 1.82) is 0 Å². The Balaban J connectivity index is 1.28. The van der Waals surface area contributed by atoms with Crippen molar-refractivity contribution < 1.29 is 23.8 Å². The average molecular weight is 410 g/mol. The van der Waals surface area contributed by atoms with Crippen molar-refractivity contribution in [2.45, 2.75) is 32.8 Å². The van der Waals surface area contributed by atoms with Gasteiger partial charge in [0.25, 0.3) is 0 Å². The summed E-state index contributed by atoms with van der Waals surface area (Å²) in [6.07, 6.45) is 1.07. The lowest BCUT2D eigenvalue weighted by Crippen LogP contribution is -2.34. The van der Waals surface area contributed by atoms with Gasteiger partial charge in [-0.25, -0.2) is 0 Å². The highest BCUT2D eigenvalue weighted by atomic mass is 16.7. The predicted molar refractivity (Wildman–Crippen MR) is 112 cm³/mol. The van der Waals surface area contributed by atoms with Crippen molar-refractivity contribution in [3.8, 4) is 17.2 Å². The van der Waals surface area contributed by atoms with E-state index in [2.05, 4.69) is 5.32 Å². The van der Waals surface area contributed by atoms with Gasteiger partial charge >= 0.3 is 0 Å². The van der Waals surface area contributed by atoms with E-state index in [4.69, 9.17) is 14.2 Å². The maximum atomic E-state index is 12.6. The Labute approximate surface area is 175 Å². The molecular weight excluding hydrogens is 384 g/mol. The molecule has 2 heterocycles. The van der Waals surface area contributed by atoms with E-state index < -0.39 is 0 Å². The highest BCUT2D eigenvalue weighted by Crippen LogP contribution is 2.37. The van der Waals surface area contributed by atoms with E-state index in [1.807, 2.05) is 44.2 Å². The second kappa shape index (κ2) is 8.65. The summed E-state index contributed by atoms with van der Waals surface area (Å²) in [5, 5.41) is 2.96. The fourth-order valence-corrected chi connectivity index (χ4v) is 3.67. The van der Waals surface area contributed by atoms with E-state index in [9.17, 15) is 9.59 Å². The third-order valence-electron chi connectivity index (χ3n) is 5.17. The van der Waals surface area contributed by atoms with Gasteiger partial charge in [0.1, 0.15) is 5.75 Å². The summed E-state index contributed by atoms with van der Waals surface area (Å²) < 4.78 is 16.3. The van der Waals surface area contributed by atoms with Crippen LogP contribution in [0, 0.1) is 5.92 Å². The van der Waals surface area contributed by atoms with Crippen LogP contribution in [0.1, 0.15) is 25.8 Å². The molecule has 0 aromatic heterocycles. The first-order valence-corrected chi connectivity index (χ1v) is 10.2. The lowest BCUT2D eigenvalue weighted by Gasteiger charge is -2.17. The number of fused-ring (bicyclic) bond motifs is 1. The van der Waals surface area contributed by atoms with Crippen LogP contribution in [-0.2, 0) is 16.0 Å². The highest BCUT2D eigenvalue weighted by molar-refractivity contribution is 6.00. The van der Waals surface area contributed by atoms with E-state index in [-0.39, 0.29) is 37.0 Å². The normalized spacial score (nSPS) is 17.5. The van der Waals surface area contributed by atoms with Gasteiger partial charge in [-0.15, -0.1) is 0 Å². The number of ether oxygens (including phenoxy) is 3. The molecule has 2 aliphatic heterocycles. The molecule has 0 saturated carbocycles. The Bertz CT molecular complexity index is 926. The van der Waals surface area contributed by atoms with Crippen molar-refractivity contribution >= 4 is 17.5 Å². The van der Waals surface area contributed by atoms with E-state index in [0.29, 0.717) is 24.6 Å².